The smallest absolute Gasteiger partial charge is 0.123 e. The molecule has 3 atom stereocenters. The first-order valence-electron chi connectivity index (χ1n) is 6.81. The van der Waals surface area contributed by atoms with Gasteiger partial charge in [0.2, 0.25) is 0 Å². The highest BCUT2D eigenvalue weighted by Gasteiger charge is 2.39. The minimum Gasteiger partial charge on any atom is -0.386 e. The van der Waals surface area contributed by atoms with Crippen LogP contribution >= 0.6 is 0 Å². The van der Waals surface area contributed by atoms with Gasteiger partial charge in [0.15, 0.2) is 0 Å². The molecule has 106 valence electrons. The predicted octanol–water partition coefficient (Wildman–Crippen LogP) is 1.89. The Morgan fingerprint density at radius 3 is 3.00 bits per heavy atom. The van der Waals surface area contributed by atoms with Crippen molar-refractivity contribution in [1.82, 2.24) is 5.32 Å². The normalized spacial score (nSPS) is 28.5. The van der Waals surface area contributed by atoms with Crippen molar-refractivity contribution >= 4 is 0 Å². The van der Waals surface area contributed by atoms with E-state index in [1.807, 2.05) is 19.9 Å². The summed E-state index contributed by atoms with van der Waals surface area (Å²) in [5.74, 6) is -0.207. The first kappa shape index (κ1) is 14.4. The molecule has 0 spiro atoms. The number of hydrogen-bond donors (Lipinski definition) is 2. The molecule has 3 nitrogen and oxygen atoms in total. The summed E-state index contributed by atoms with van der Waals surface area (Å²) in [5.41, 5.74) is 0.179. The molecule has 1 heterocycles. The molecule has 0 radical (unpaired) electrons. The molecule has 3 unspecified atom stereocenters. The third-order valence-electron chi connectivity index (χ3n) is 3.85. The Balaban J connectivity index is 1.83. The number of aliphatic hydroxyl groups is 1. The summed E-state index contributed by atoms with van der Waals surface area (Å²) in [7, 11) is 0. The quantitative estimate of drug-likeness (QED) is 0.856. The lowest BCUT2D eigenvalue weighted by Crippen LogP contribution is -2.48. The van der Waals surface area contributed by atoms with E-state index in [9.17, 15) is 9.50 Å². The van der Waals surface area contributed by atoms with Crippen molar-refractivity contribution < 1.29 is 14.2 Å². The number of rotatable bonds is 5. The van der Waals surface area contributed by atoms with Crippen LogP contribution in [-0.4, -0.2) is 36.0 Å². The molecule has 2 rings (SSSR count). The largest absolute Gasteiger partial charge is 0.386 e. The van der Waals surface area contributed by atoms with Gasteiger partial charge >= 0.3 is 0 Å². The molecule has 1 saturated heterocycles. The van der Waals surface area contributed by atoms with Gasteiger partial charge in [-0.15, -0.1) is 0 Å². The van der Waals surface area contributed by atoms with Gasteiger partial charge in [-0.05, 0) is 38.0 Å². The van der Waals surface area contributed by atoms with Crippen molar-refractivity contribution in [2.24, 2.45) is 0 Å². The fourth-order valence-corrected chi connectivity index (χ4v) is 2.44. The van der Waals surface area contributed by atoms with Crippen LogP contribution in [0.25, 0.3) is 0 Å². The lowest BCUT2D eigenvalue weighted by molar-refractivity contribution is -0.0273. The average molecular weight is 267 g/mol. The molecule has 0 amide bonds. The van der Waals surface area contributed by atoms with Gasteiger partial charge in [0.05, 0.1) is 6.10 Å². The number of nitrogens with one attached hydrogen (secondary N) is 1. The summed E-state index contributed by atoms with van der Waals surface area (Å²) in [6.45, 7) is 5.04. The SMILES string of the molecule is CC(Cc1cccc(F)c1)NCC1(O)CCOC1C. The van der Waals surface area contributed by atoms with E-state index in [0.29, 0.717) is 19.6 Å². The van der Waals surface area contributed by atoms with Gasteiger partial charge in [-0.1, -0.05) is 12.1 Å². The minimum atomic E-state index is -0.782. The van der Waals surface area contributed by atoms with Gasteiger partial charge < -0.3 is 15.2 Å². The summed E-state index contributed by atoms with van der Waals surface area (Å²) in [4.78, 5) is 0. The van der Waals surface area contributed by atoms with Crippen molar-refractivity contribution in [2.75, 3.05) is 13.2 Å². The molecule has 0 aromatic heterocycles. The van der Waals surface area contributed by atoms with Crippen LogP contribution in [-0.2, 0) is 11.2 Å². The van der Waals surface area contributed by atoms with E-state index in [1.54, 1.807) is 12.1 Å². The first-order valence-corrected chi connectivity index (χ1v) is 6.81. The van der Waals surface area contributed by atoms with E-state index in [-0.39, 0.29) is 18.0 Å². The summed E-state index contributed by atoms with van der Waals surface area (Å²) in [5, 5.41) is 13.7. The molecule has 0 bridgehead atoms. The lowest BCUT2D eigenvalue weighted by atomic mass is 9.96. The Kier molecular flexibility index (Phi) is 4.55. The maximum Gasteiger partial charge on any atom is 0.123 e. The van der Waals surface area contributed by atoms with Crippen LogP contribution in [0.3, 0.4) is 0 Å². The highest BCUT2D eigenvalue weighted by atomic mass is 19.1. The highest BCUT2D eigenvalue weighted by Crippen LogP contribution is 2.24. The van der Waals surface area contributed by atoms with Crippen LogP contribution in [0.5, 0.6) is 0 Å². The number of halogens is 1. The molecule has 1 aliphatic rings. The molecule has 19 heavy (non-hydrogen) atoms. The van der Waals surface area contributed by atoms with E-state index in [2.05, 4.69) is 5.32 Å². The molecular formula is C15H22FNO2. The number of ether oxygens (including phenoxy) is 1. The predicted molar refractivity (Wildman–Crippen MR) is 72.5 cm³/mol. The van der Waals surface area contributed by atoms with E-state index in [0.717, 1.165) is 12.0 Å². The van der Waals surface area contributed by atoms with Crippen LogP contribution in [0.15, 0.2) is 24.3 Å². The van der Waals surface area contributed by atoms with E-state index in [4.69, 9.17) is 4.74 Å². The monoisotopic (exact) mass is 267 g/mol. The first-order chi connectivity index (χ1) is 8.99. The summed E-state index contributed by atoms with van der Waals surface area (Å²) in [6, 6.07) is 6.81. The Labute approximate surface area is 113 Å². The van der Waals surface area contributed by atoms with Gasteiger partial charge in [0.25, 0.3) is 0 Å². The summed E-state index contributed by atoms with van der Waals surface area (Å²) in [6.07, 6.45) is 1.26. The molecule has 0 aliphatic carbocycles. The van der Waals surface area contributed by atoms with Crippen LogP contribution < -0.4 is 5.32 Å². The van der Waals surface area contributed by atoms with E-state index >= 15 is 0 Å². The fraction of sp³-hybridized carbons (Fsp3) is 0.600. The lowest BCUT2D eigenvalue weighted by Gasteiger charge is -2.28. The third kappa shape index (κ3) is 3.75. The molecule has 4 heteroatoms. The van der Waals surface area contributed by atoms with Crippen molar-refractivity contribution in [3.8, 4) is 0 Å². The van der Waals surface area contributed by atoms with Crippen LogP contribution in [0, 0.1) is 5.82 Å². The molecule has 0 saturated carbocycles. The Morgan fingerprint density at radius 2 is 2.37 bits per heavy atom. The van der Waals surface area contributed by atoms with Gasteiger partial charge in [0.1, 0.15) is 11.4 Å². The van der Waals surface area contributed by atoms with Gasteiger partial charge in [-0.25, -0.2) is 4.39 Å². The Bertz CT molecular complexity index is 426. The zero-order valence-electron chi connectivity index (χ0n) is 11.5. The van der Waals surface area contributed by atoms with Crippen molar-refractivity contribution in [3.63, 3.8) is 0 Å². The zero-order valence-corrected chi connectivity index (χ0v) is 11.5. The maximum absolute atomic E-state index is 13.1. The van der Waals surface area contributed by atoms with Crippen molar-refractivity contribution in [2.45, 2.75) is 44.4 Å². The van der Waals surface area contributed by atoms with Gasteiger partial charge in [0, 0.05) is 25.6 Å². The van der Waals surface area contributed by atoms with Gasteiger partial charge in [-0.3, -0.25) is 0 Å². The van der Waals surface area contributed by atoms with Crippen molar-refractivity contribution in [1.29, 1.82) is 0 Å². The number of hydrogen-bond acceptors (Lipinski definition) is 3. The molecule has 2 N–H and O–H groups in total. The van der Waals surface area contributed by atoms with Crippen molar-refractivity contribution in [3.05, 3.63) is 35.6 Å². The Hall–Kier alpha value is -0.970. The fourth-order valence-electron chi connectivity index (χ4n) is 2.44. The third-order valence-corrected chi connectivity index (χ3v) is 3.85. The molecular weight excluding hydrogens is 245 g/mol. The summed E-state index contributed by atoms with van der Waals surface area (Å²) >= 11 is 0. The molecule has 1 aromatic carbocycles. The second-order valence-electron chi connectivity index (χ2n) is 5.48. The molecule has 1 aromatic rings. The maximum atomic E-state index is 13.1. The second kappa shape index (κ2) is 5.99. The van der Waals surface area contributed by atoms with Crippen LogP contribution in [0.1, 0.15) is 25.8 Å². The minimum absolute atomic E-state index is 0.138. The molecule has 1 aliphatic heterocycles. The topological polar surface area (TPSA) is 41.5 Å². The van der Waals surface area contributed by atoms with E-state index in [1.165, 1.54) is 6.07 Å². The standard InChI is InChI=1S/C15H22FNO2/c1-11(8-13-4-3-5-14(16)9-13)17-10-15(18)6-7-19-12(15)2/h3-5,9,11-12,17-18H,6-8,10H2,1-2H3. The van der Waals surface area contributed by atoms with Crippen LogP contribution in [0.4, 0.5) is 4.39 Å². The average Bonchev–Trinajstić information content (AvgIpc) is 2.68. The zero-order chi connectivity index (χ0) is 13.9. The van der Waals surface area contributed by atoms with Crippen LogP contribution in [0.2, 0.25) is 0 Å². The number of benzene rings is 1. The van der Waals surface area contributed by atoms with Gasteiger partial charge in [-0.2, -0.15) is 0 Å². The van der Waals surface area contributed by atoms with E-state index < -0.39 is 5.60 Å². The second-order valence-corrected chi connectivity index (χ2v) is 5.48. The molecule has 1 fully saturated rings. The Morgan fingerprint density at radius 1 is 1.58 bits per heavy atom. The summed E-state index contributed by atoms with van der Waals surface area (Å²) < 4.78 is 18.5. The highest BCUT2D eigenvalue weighted by molar-refractivity contribution is 5.17.